The molecule has 0 saturated heterocycles. The minimum absolute atomic E-state index is 0.187. The van der Waals surface area contributed by atoms with Gasteiger partial charge in [-0.15, -0.1) is 11.3 Å². The molecule has 1 aromatic heterocycles. The number of hydrogen-bond donors (Lipinski definition) is 1. The van der Waals surface area contributed by atoms with Gasteiger partial charge in [0, 0.05) is 20.8 Å². The van der Waals surface area contributed by atoms with E-state index in [1.165, 1.54) is 17.0 Å². The minimum Gasteiger partial charge on any atom is -0.378 e. The Kier molecular flexibility index (Phi) is 3.79. The predicted octanol–water partition coefficient (Wildman–Crippen LogP) is 4.71. The maximum Gasteiger partial charge on any atom is 0.181 e. The number of nitrogens with one attached hydrogen (secondary N) is 1. The molecule has 0 radical (unpaired) electrons. The Morgan fingerprint density at radius 3 is 2.76 bits per heavy atom. The van der Waals surface area contributed by atoms with E-state index in [1.54, 1.807) is 11.3 Å². The number of rotatable bonds is 3. The lowest BCUT2D eigenvalue weighted by Crippen LogP contribution is -2.01. The second-order valence-corrected chi connectivity index (χ2v) is 5.77. The lowest BCUT2D eigenvalue weighted by Gasteiger charge is -2.06. The molecule has 0 atom stereocenters. The summed E-state index contributed by atoms with van der Waals surface area (Å²) in [5, 5.41) is 2.89. The normalized spacial score (nSPS) is 10.6. The molecule has 1 nitrogen and oxygen atoms in total. The molecule has 0 unspecified atom stereocenters. The average molecular weight is 318 g/mol. The van der Waals surface area contributed by atoms with Crippen LogP contribution in [0.4, 0.5) is 14.5 Å². The van der Waals surface area contributed by atoms with Gasteiger partial charge < -0.3 is 5.32 Å². The van der Waals surface area contributed by atoms with Crippen LogP contribution in [0.3, 0.4) is 0 Å². The van der Waals surface area contributed by atoms with Crippen molar-refractivity contribution in [2.24, 2.45) is 0 Å². The highest BCUT2D eigenvalue weighted by Gasteiger charge is 2.08. The van der Waals surface area contributed by atoms with Gasteiger partial charge >= 0.3 is 0 Å². The third-order valence-corrected chi connectivity index (χ3v) is 4.45. The zero-order valence-corrected chi connectivity index (χ0v) is 11.5. The zero-order chi connectivity index (χ0) is 12.4. The van der Waals surface area contributed by atoms with Crippen molar-refractivity contribution in [3.05, 3.63) is 50.1 Å². The standard InChI is InChI=1S/C12H10BrF2NS/c1-7-9(13)5-8(17-7)6-16-11-4-2-3-10(14)12(11)15/h2-5,16H,6H2,1H3. The van der Waals surface area contributed by atoms with Crippen molar-refractivity contribution in [2.75, 3.05) is 5.32 Å². The first-order valence-electron chi connectivity index (χ1n) is 5.00. The zero-order valence-electron chi connectivity index (χ0n) is 9.06. The summed E-state index contributed by atoms with van der Waals surface area (Å²) < 4.78 is 27.3. The van der Waals surface area contributed by atoms with Crippen LogP contribution in [0.25, 0.3) is 0 Å². The monoisotopic (exact) mass is 317 g/mol. The summed E-state index contributed by atoms with van der Waals surface area (Å²) in [6.07, 6.45) is 0. The van der Waals surface area contributed by atoms with Crippen LogP contribution < -0.4 is 5.32 Å². The molecule has 0 aliphatic heterocycles. The van der Waals surface area contributed by atoms with Crippen LogP contribution in [0.5, 0.6) is 0 Å². The Labute approximate surface area is 111 Å². The number of benzene rings is 1. The maximum atomic E-state index is 13.3. The van der Waals surface area contributed by atoms with Gasteiger partial charge in [0.15, 0.2) is 11.6 Å². The Balaban J connectivity index is 2.10. The molecule has 90 valence electrons. The molecule has 17 heavy (non-hydrogen) atoms. The van der Waals surface area contributed by atoms with E-state index in [9.17, 15) is 8.78 Å². The Bertz CT molecular complexity index is 520. The Hall–Kier alpha value is -0.940. The highest BCUT2D eigenvalue weighted by molar-refractivity contribution is 9.10. The molecule has 2 rings (SSSR count). The summed E-state index contributed by atoms with van der Waals surface area (Å²) in [6, 6.07) is 6.08. The van der Waals surface area contributed by atoms with Crippen LogP contribution in [0.15, 0.2) is 28.7 Å². The molecule has 2 aromatic rings. The van der Waals surface area contributed by atoms with Crippen molar-refractivity contribution in [3.8, 4) is 0 Å². The molecule has 1 heterocycles. The van der Waals surface area contributed by atoms with Crippen molar-refractivity contribution in [2.45, 2.75) is 13.5 Å². The van der Waals surface area contributed by atoms with E-state index in [1.807, 2.05) is 13.0 Å². The summed E-state index contributed by atoms with van der Waals surface area (Å²) in [4.78, 5) is 2.24. The minimum atomic E-state index is -0.835. The first kappa shape index (κ1) is 12.5. The van der Waals surface area contributed by atoms with Crippen LogP contribution in [0.2, 0.25) is 0 Å². The van der Waals surface area contributed by atoms with Gasteiger partial charge in [0.05, 0.1) is 5.69 Å². The number of aryl methyl sites for hydroxylation is 1. The molecular formula is C12H10BrF2NS. The molecule has 0 bridgehead atoms. The van der Waals surface area contributed by atoms with Crippen LogP contribution in [0, 0.1) is 18.6 Å². The van der Waals surface area contributed by atoms with Gasteiger partial charge in [0.1, 0.15) is 0 Å². The topological polar surface area (TPSA) is 12.0 Å². The summed E-state index contributed by atoms with van der Waals surface area (Å²) in [6.45, 7) is 2.48. The van der Waals surface area contributed by atoms with E-state index in [4.69, 9.17) is 0 Å². The highest BCUT2D eigenvalue weighted by atomic mass is 79.9. The summed E-state index contributed by atoms with van der Waals surface area (Å²) in [5.74, 6) is -1.67. The highest BCUT2D eigenvalue weighted by Crippen LogP contribution is 2.27. The van der Waals surface area contributed by atoms with Crippen molar-refractivity contribution in [3.63, 3.8) is 0 Å². The van der Waals surface area contributed by atoms with Gasteiger partial charge in [-0.25, -0.2) is 8.78 Å². The number of thiophene rings is 1. The average Bonchev–Trinajstić information content (AvgIpc) is 2.61. The summed E-state index contributed by atoms with van der Waals surface area (Å²) in [5.41, 5.74) is 0.187. The second-order valence-electron chi connectivity index (χ2n) is 3.57. The van der Waals surface area contributed by atoms with Gasteiger partial charge in [-0.05, 0) is 41.1 Å². The third-order valence-electron chi connectivity index (χ3n) is 2.31. The summed E-state index contributed by atoms with van der Waals surface area (Å²) in [7, 11) is 0. The third kappa shape index (κ3) is 2.84. The molecule has 0 spiro atoms. The SMILES string of the molecule is Cc1sc(CNc2cccc(F)c2F)cc1Br. The fourth-order valence-electron chi connectivity index (χ4n) is 1.43. The molecule has 0 aliphatic rings. The Morgan fingerprint density at radius 1 is 1.35 bits per heavy atom. The van der Waals surface area contributed by atoms with Gasteiger partial charge in [-0.1, -0.05) is 6.07 Å². The molecule has 0 aliphatic carbocycles. The van der Waals surface area contributed by atoms with E-state index < -0.39 is 11.6 Å². The Morgan fingerprint density at radius 2 is 2.12 bits per heavy atom. The van der Waals surface area contributed by atoms with Gasteiger partial charge in [0.2, 0.25) is 0 Å². The first-order chi connectivity index (χ1) is 8.08. The molecule has 1 aromatic carbocycles. The molecular weight excluding hydrogens is 308 g/mol. The number of halogens is 3. The fourth-order valence-corrected chi connectivity index (χ4v) is 2.97. The lowest BCUT2D eigenvalue weighted by atomic mass is 10.3. The van der Waals surface area contributed by atoms with Crippen molar-refractivity contribution in [1.29, 1.82) is 0 Å². The predicted molar refractivity (Wildman–Crippen MR) is 70.4 cm³/mol. The first-order valence-corrected chi connectivity index (χ1v) is 6.61. The second kappa shape index (κ2) is 5.14. The van der Waals surface area contributed by atoms with Crippen molar-refractivity contribution in [1.82, 2.24) is 0 Å². The quantitative estimate of drug-likeness (QED) is 0.864. The fraction of sp³-hybridized carbons (Fsp3) is 0.167. The van der Waals surface area contributed by atoms with E-state index in [0.717, 1.165) is 15.4 Å². The maximum absolute atomic E-state index is 13.3. The van der Waals surface area contributed by atoms with E-state index >= 15 is 0 Å². The largest absolute Gasteiger partial charge is 0.378 e. The molecule has 5 heteroatoms. The van der Waals surface area contributed by atoms with Crippen LogP contribution in [-0.4, -0.2) is 0 Å². The number of anilines is 1. The van der Waals surface area contributed by atoms with E-state index in [0.29, 0.717) is 6.54 Å². The van der Waals surface area contributed by atoms with E-state index in [-0.39, 0.29) is 5.69 Å². The summed E-state index contributed by atoms with van der Waals surface area (Å²) >= 11 is 5.04. The molecule has 0 saturated carbocycles. The smallest absolute Gasteiger partial charge is 0.181 e. The van der Waals surface area contributed by atoms with Crippen LogP contribution in [0.1, 0.15) is 9.75 Å². The van der Waals surface area contributed by atoms with Crippen LogP contribution >= 0.6 is 27.3 Å². The van der Waals surface area contributed by atoms with Gasteiger partial charge in [0.25, 0.3) is 0 Å². The van der Waals surface area contributed by atoms with E-state index in [2.05, 4.69) is 21.2 Å². The van der Waals surface area contributed by atoms with Crippen LogP contribution in [-0.2, 0) is 6.54 Å². The lowest BCUT2D eigenvalue weighted by molar-refractivity contribution is 0.511. The molecule has 1 N–H and O–H groups in total. The van der Waals surface area contributed by atoms with Crippen molar-refractivity contribution >= 4 is 33.0 Å². The number of hydrogen-bond acceptors (Lipinski definition) is 2. The van der Waals surface area contributed by atoms with Gasteiger partial charge in [-0.3, -0.25) is 0 Å². The molecule has 0 amide bonds. The molecule has 0 fully saturated rings. The van der Waals surface area contributed by atoms with Gasteiger partial charge in [-0.2, -0.15) is 0 Å². The van der Waals surface area contributed by atoms with Crippen molar-refractivity contribution < 1.29 is 8.78 Å².